The van der Waals surface area contributed by atoms with Crippen LogP contribution in [0, 0.1) is 0 Å². The summed E-state index contributed by atoms with van der Waals surface area (Å²) in [5.41, 5.74) is 0. The number of unbranched alkanes of at least 4 members (excludes halogenated alkanes) is 56. The number of hydrogen-bond acceptors (Lipinski definition) is 6. The van der Waals surface area contributed by atoms with Crippen LogP contribution in [0.3, 0.4) is 0 Å². The van der Waals surface area contributed by atoms with E-state index in [9.17, 15) is 14.4 Å². The first-order valence-electron chi connectivity index (χ1n) is 36.7. The molecule has 0 aliphatic heterocycles. The smallest absolute Gasteiger partial charge is 0.306 e. The summed E-state index contributed by atoms with van der Waals surface area (Å²) < 4.78 is 16.8. The maximum absolute atomic E-state index is 12.9. The van der Waals surface area contributed by atoms with Gasteiger partial charge in [0, 0.05) is 19.3 Å². The molecule has 80 heavy (non-hydrogen) atoms. The minimum Gasteiger partial charge on any atom is -0.462 e. The highest BCUT2D eigenvalue weighted by Gasteiger charge is 2.19. The minimum atomic E-state index is -0.764. The zero-order valence-electron chi connectivity index (χ0n) is 54.6. The van der Waals surface area contributed by atoms with Gasteiger partial charge in [-0.25, -0.2) is 0 Å². The van der Waals surface area contributed by atoms with Crippen LogP contribution in [-0.4, -0.2) is 37.2 Å². The molecule has 474 valence electrons. The van der Waals surface area contributed by atoms with E-state index in [1.54, 1.807) is 0 Å². The Morgan fingerprint density at radius 2 is 0.412 bits per heavy atom. The van der Waals surface area contributed by atoms with Gasteiger partial charge in [-0.3, -0.25) is 14.4 Å². The SMILES string of the molecule is CCCCCCCCCC/C=C\CCCCCCCCCCCCCC(=O)OC(COC(=O)CCCCCCC)COC(=O)CCCCCCCCCCCCCCCCCCCCCCCCCCCCCCCCCCCC. The van der Waals surface area contributed by atoms with Crippen LogP contribution in [-0.2, 0) is 28.6 Å². The number of carbonyl (C=O) groups excluding carboxylic acids is 3. The van der Waals surface area contributed by atoms with E-state index in [-0.39, 0.29) is 31.1 Å². The summed E-state index contributed by atoms with van der Waals surface area (Å²) in [5.74, 6) is -0.851. The summed E-state index contributed by atoms with van der Waals surface area (Å²) >= 11 is 0. The van der Waals surface area contributed by atoms with E-state index in [2.05, 4.69) is 32.9 Å². The number of ether oxygens (including phenoxy) is 3. The third-order valence-electron chi connectivity index (χ3n) is 17.0. The quantitative estimate of drug-likeness (QED) is 0.0261. The summed E-state index contributed by atoms with van der Waals surface area (Å²) in [6, 6.07) is 0. The molecule has 0 saturated carbocycles. The average Bonchev–Trinajstić information content (AvgIpc) is 3.46. The molecule has 0 heterocycles. The van der Waals surface area contributed by atoms with E-state index in [1.165, 1.54) is 321 Å². The van der Waals surface area contributed by atoms with E-state index in [0.717, 1.165) is 64.2 Å². The molecule has 0 bridgehead atoms. The molecular weight excluding hydrogens is 985 g/mol. The Hall–Kier alpha value is -1.85. The zero-order valence-corrected chi connectivity index (χ0v) is 54.6. The van der Waals surface area contributed by atoms with Crippen molar-refractivity contribution in [1.29, 1.82) is 0 Å². The van der Waals surface area contributed by atoms with Crippen LogP contribution in [0.2, 0.25) is 0 Å². The maximum atomic E-state index is 12.9. The highest BCUT2D eigenvalue weighted by molar-refractivity contribution is 5.71. The van der Waals surface area contributed by atoms with Crippen molar-refractivity contribution in [3.63, 3.8) is 0 Å². The molecule has 0 aromatic heterocycles. The van der Waals surface area contributed by atoms with Gasteiger partial charge in [0.25, 0.3) is 0 Å². The first-order chi connectivity index (χ1) is 39.5. The summed E-state index contributed by atoms with van der Waals surface area (Å²) in [4.78, 5) is 38.0. The summed E-state index contributed by atoms with van der Waals surface area (Å²) in [7, 11) is 0. The van der Waals surface area contributed by atoms with E-state index in [0.29, 0.717) is 19.3 Å². The Bertz CT molecular complexity index is 1250. The van der Waals surface area contributed by atoms with Crippen LogP contribution >= 0.6 is 0 Å². The Morgan fingerprint density at radius 1 is 0.237 bits per heavy atom. The number of carbonyl (C=O) groups is 3. The summed E-state index contributed by atoms with van der Waals surface area (Å²) in [6.45, 7) is 6.64. The molecule has 0 aromatic rings. The molecular formula is C74H142O6. The topological polar surface area (TPSA) is 78.9 Å². The lowest BCUT2D eigenvalue weighted by molar-refractivity contribution is -0.167. The standard InChI is InChI=1S/C74H142O6/c1-4-7-10-13-15-17-19-21-23-25-27-29-31-32-33-34-35-36-37-38-39-40-41-43-44-46-48-50-52-54-56-58-61-64-67-73(76)79-70-71(69-78-72(75)66-63-60-12-9-6-3)80-74(77)68-65-62-59-57-55-53-51-49-47-45-42-30-28-26-24-22-20-18-16-14-11-8-5-2/h26,28,71H,4-25,27,29-70H2,1-3H3/b28-26-. The van der Waals surface area contributed by atoms with Crippen molar-refractivity contribution in [3.05, 3.63) is 12.2 Å². The van der Waals surface area contributed by atoms with Crippen LogP contribution in [0.4, 0.5) is 0 Å². The fraction of sp³-hybridized carbons (Fsp3) is 0.932. The number of esters is 3. The van der Waals surface area contributed by atoms with Gasteiger partial charge in [-0.2, -0.15) is 0 Å². The lowest BCUT2D eigenvalue weighted by atomic mass is 10.0. The lowest BCUT2D eigenvalue weighted by Gasteiger charge is -2.18. The monoisotopic (exact) mass is 1130 g/mol. The number of hydrogen-bond donors (Lipinski definition) is 0. The van der Waals surface area contributed by atoms with E-state index in [4.69, 9.17) is 14.2 Å². The molecule has 0 radical (unpaired) electrons. The Kier molecular flexibility index (Phi) is 68.0. The molecule has 0 aliphatic rings. The molecule has 0 amide bonds. The second-order valence-corrected chi connectivity index (χ2v) is 25.2. The number of rotatable bonds is 69. The van der Waals surface area contributed by atoms with Crippen LogP contribution in [0.1, 0.15) is 425 Å². The van der Waals surface area contributed by atoms with Crippen molar-refractivity contribution in [2.75, 3.05) is 13.2 Å². The van der Waals surface area contributed by atoms with Gasteiger partial charge in [0.2, 0.25) is 0 Å². The van der Waals surface area contributed by atoms with E-state index >= 15 is 0 Å². The van der Waals surface area contributed by atoms with Gasteiger partial charge in [0.1, 0.15) is 13.2 Å². The van der Waals surface area contributed by atoms with Gasteiger partial charge in [0.15, 0.2) is 6.10 Å². The molecule has 1 unspecified atom stereocenters. The van der Waals surface area contributed by atoms with Crippen LogP contribution in [0.25, 0.3) is 0 Å². The predicted octanol–water partition coefficient (Wildman–Crippen LogP) is 25.2. The fourth-order valence-electron chi connectivity index (χ4n) is 11.5. The highest BCUT2D eigenvalue weighted by atomic mass is 16.6. The van der Waals surface area contributed by atoms with Crippen molar-refractivity contribution in [3.8, 4) is 0 Å². The first kappa shape index (κ1) is 78.1. The fourth-order valence-corrected chi connectivity index (χ4v) is 11.5. The first-order valence-corrected chi connectivity index (χ1v) is 36.7. The van der Waals surface area contributed by atoms with E-state index in [1.807, 2.05) is 0 Å². The van der Waals surface area contributed by atoms with Crippen LogP contribution < -0.4 is 0 Å². The van der Waals surface area contributed by atoms with Gasteiger partial charge in [-0.15, -0.1) is 0 Å². The normalized spacial score (nSPS) is 12.0. The Morgan fingerprint density at radius 3 is 0.625 bits per heavy atom. The van der Waals surface area contributed by atoms with Crippen LogP contribution in [0.15, 0.2) is 12.2 Å². The highest BCUT2D eigenvalue weighted by Crippen LogP contribution is 2.19. The molecule has 0 saturated heterocycles. The molecule has 6 heteroatoms. The molecule has 0 spiro atoms. The van der Waals surface area contributed by atoms with Gasteiger partial charge in [-0.1, -0.05) is 373 Å². The molecule has 1 atom stereocenters. The van der Waals surface area contributed by atoms with Gasteiger partial charge >= 0.3 is 17.9 Å². The third-order valence-corrected chi connectivity index (χ3v) is 17.0. The minimum absolute atomic E-state index is 0.0650. The van der Waals surface area contributed by atoms with Crippen molar-refractivity contribution in [2.24, 2.45) is 0 Å². The Balaban J connectivity index is 3.85. The average molecular weight is 1130 g/mol. The molecule has 0 N–H and O–H groups in total. The lowest BCUT2D eigenvalue weighted by Crippen LogP contribution is -2.30. The third kappa shape index (κ3) is 66.9. The second-order valence-electron chi connectivity index (χ2n) is 25.2. The second kappa shape index (κ2) is 69.6. The zero-order chi connectivity index (χ0) is 57.8. The molecule has 0 rings (SSSR count). The van der Waals surface area contributed by atoms with Gasteiger partial charge in [0.05, 0.1) is 0 Å². The summed E-state index contributed by atoms with van der Waals surface area (Å²) in [6.07, 6.45) is 84.7. The Labute approximate surface area is 501 Å². The van der Waals surface area contributed by atoms with Crippen molar-refractivity contribution >= 4 is 17.9 Å². The molecule has 0 aromatic carbocycles. The predicted molar refractivity (Wildman–Crippen MR) is 349 cm³/mol. The van der Waals surface area contributed by atoms with Crippen molar-refractivity contribution in [1.82, 2.24) is 0 Å². The molecule has 0 fully saturated rings. The number of allylic oxidation sites excluding steroid dienone is 2. The van der Waals surface area contributed by atoms with E-state index < -0.39 is 6.10 Å². The van der Waals surface area contributed by atoms with Gasteiger partial charge in [-0.05, 0) is 44.9 Å². The summed E-state index contributed by atoms with van der Waals surface area (Å²) in [5, 5.41) is 0. The van der Waals surface area contributed by atoms with Crippen molar-refractivity contribution < 1.29 is 28.6 Å². The van der Waals surface area contributed by atoms with Gasteiger partial charge < -0.3 is 14.2 Å². The molecule has 0 aliphatic carbocycles. The van der Waals surface area contributed by atoms with Crippen molar-refractivity contribution in [2.45, 2.75) is 431 Å². The maximum Gasteiger partial charge on any atom is 0.306 e. The van der Waals surface area contributed by atoms with Crippen LogP contribution in [0.5, 0.6) is 0 Å². The largest absolute Gasteiger partial charge is 0.462 e. The molecule has 6 nitrogen and oxygen atoms in total.